The van der Waals surface area contributed by atoms with Crippen LogP contribution in [-0.4, -0.2) is 217 Å². The number of Topliss-reactive ketones (excluding diaryl/α,β-unsaturated/α-hetero) is 4. The number of carbonyl (C=O) groups excluding carboxylic acids is 16. The second kappa shape index (κ2) is 48.4. The van der Waals surface area contributed by atoms with Gasteiger partial charge in [-0.3, -0.25) is 81.5 Å². The Balaban J connectivity index is 3.01. The number of unbranched alkanes of at least 4 members (excludes halogenated alkanes) is 6. The van der Waals surface area contributed by atoms with Gasteiger partial charge in [-0.05, 0) is 64.6 Å². The number of nitrogens with two attached hydrogens (primary N) is 2. The normalized spacial score (nSPS) is 21.9. The highest BCUT2D eigenvalue weighted by Gasteiger charge is 2.41. The van der Waals surface area contributed by atoms with E-state index >= 15 is 0 Å². The number of ether oxygens (including phenoxy) is 3. The van der Waals surface area contributed by atoms with Crippen LogP contribution in [0.1, 0.15) is 154 Å². The van der Waals surface area contributed by atoms with Crippen molar-refractivity contribution < 1.29 is 116 Å². The van der Waals surface area contributed by atoms with E-state index in [1.54, 1.807) is 6.92 Å². The average Bonchev–Trinajstić information content (AvgIpc) is 0.797. The van der Waals surface area contributed by atoms with E-state index in [0.717, 1.165) is 45.1 Å². The second-order valence-electron chi connectivity index (χ2n) is 25.1. The molecule has 0 saturated carbocycles. The number of carboxylic acids is 2. The zero-order valence-corrected chi connectivity index (χ0v) is 60.8. The number of esters is 1. The number of anilines is 1. The van der Waals surface area contributed by atoms with Gasteiger partial charge in [0.05, 0.1) is 67.2 Å². The molecule has 0 spiro atoms. The zero-order valence-electron chi connectivity index (χ0n) is 59.2. The summed E-state index contributed by atoms with van der Waals surface area (Å²) in [7, 11) is 0. The molecule has 17 N–H and O–H groups in total. The SMILES string of the molecule is C=C1NCC(=O)N[C@H](CO)C(=O)C[C@@H]([C@H](C)CC(=O)O)C(=O)N[C@@H](CC(=O)c2cc(Cl)cc(Cl)c2NCC)C(=O)O[C@H](C)[C@H](NC(=O)[C@H](CC(=O)O)CC(=O)[C@@H](CC(N)=O)NC(=O)CCCCCCCCC)C(=O)NCC(=O)N[C@@H](CCCN)C(=O)C[C@@H](COC=O)C(=O)N[C@H](C)C(=O)N[C@H]1COC=O. The standard InChI is InChI=1S/C67H98Cl2N12O24/c1-7-9-10-11-12-13-14-17-55(90)77-46(27-54(71)89)52(87)20-39(22-59(95)96)63(98)81-60-38(6)105-67(102)47(26-50(85)43-23-41(68)24-44(69)61(43)72-8-2)79-65(100)42(35(3)19-58(93)94)25-53(88)48(30-82)78-56(91)28-73-36(4)49(32-104-34-84)80-62(97)37(5)75-64(99)40(31-103-33-83)21-51(86)45(16-15-18-70)76-57(92)29-74-66(60)101/h23-24,33-35,37-40,42,45-49,60,72-73,82H,4,7-22,25-32,70H2,1-3,5-6H3,(H2,71,89)(H,74,101)(H,75,99)(H,76,92)(H,77,90)(H,78,91)(H,79,100)(H,80,97)(H,81,98)(H,93,94)(H,95,96)/t35-,37-,38-,39+,40+,42+,45+,46-,47+,48-,49+,60+/m1/s1. The Kier molecular flexibility index (Phi) is 42.1. The number of carboxylic acid groups (broad SMARTS) is 2. The Morgan fingerprint density at radius 2 is 1.31 bits per heavy atom. The molecule has 0 aromatic heterocycles. The van der Waals surface area contributed by atoms with Crippen molar-refractivity contribution in [3.63, 3.8) is 0 Å². The molecule has 1 saturated heterocycles. The van der Waals surface area contributed by atoms with E-state index in [1.165, 1.54) is 19.9 Å². The molecule has 0 bridgehead atoms. The smallest absolute Gasteiger partial charge is 0.329 e. The number of hydrogen-bond acceptors (Lipinski definition) is 25. The number of nitrogens with one attached hydrogen (secondary N) is 10. The number of amides is 9. The zero-order chi connectivity index (χ0) is 79.0. The van der Waals surface area contributed by atoms with Gasteiger partial charge in [0.15, 0.2) is 23.1 Å². The predicted octanol–water partition coefficient (Wildman–Crippen LogP) is -1.02. The van der Waals surface area contributed by atoms with Gasteiger partial charge in [-0.15, -0.1) is 0 Å². The van der Waals surface area contributed by atoms with Crippen LogP contribution in [0.2, 0.25) is 10.0 Å². The predicted molar refractivity (Wildman–Crippen MR) is 373 cm³/mol. The molecule has 1 aromatic rings. The third-order valence-electron chi connectivity index (χ3n) is 16.6. The minimum absolute atomic E-state index is 0.00504. The molecule has 0 unspecified atom stereocenters. The first-order chi connectivity index (χ1) is 49.6. The minimum atomic E-state index is -2.31. The van der Waals surface area contributed by atoms with Crippen LogP contribution < -0.4 is 64.6 Å². The molecule has 1 fully saturated rings. The van der Waals surface area contributed by atoms with Crippen LogP contribution in [0, 0.1) is 23.7 Å². The topological polar surface area (TPSA) is 568 Å². The Morgan fingerprint density at radius 3 is 1.91 bits per heavy atom. The van der Waals surface area contributed by atoms with Crippen LogP contribution in [0.15, 0.2) is 24.4 Å². The molecule has 38 heteroatoms. The second-order valence-corrected chi connectivity index (χ2v) is 25.9. The largest absolute Gasteiger partial charge is 0.481 e. The monoisotopic (exact) mass is 1520 g/mol. The fourth-order valence-corrected chi connectivity index (χ4v) is 11.4. The first kappa shape index (κ1) is 91.4. The molecular weight excluding hydrogens is 1430 g/mol. The van der Waals surface area contributed by atoms with E-state index in [4.69, 9.17) is 48.9 Å². The highest BCUT2D eigenvalue weighted by Crippen LogP contribution is 2.32. The summed E-state index contributed by atoms with van der Waals surface area (Å²) in [5.41, 5.74) is 10.7. The maximum atomic E-state index is 14.9. The first-order valence-corrected chi connectivity index (χ1v) is 34.9. The Morgan fingerprint density at radius 1 is 0.714 bits per heavy atom. The van der Waals surface area contributed by atoms with E-state index in [9.17, 15) is 102 Å². The number of aliphatic carboxylic acids is 2. The van der Waals surface area contributed by atoms with E-state index < -0.39 is 244 Å². The van der Waals surface area contributed by atoms with Gasteiger partial charge in [0.25, 0.3) is 12.9 Å². The van der Waals surface area contributed by atoms with Gasteiger partial charge in [-0.25, -0.2) is 4.79 Å². The lowest BCUT2D eigenvalue weighted by Crippen LogP contribution is -2.57. The molecule has 36 nitrogen and oxygen atoms in total. The summed E-state index contributed by atoms with van der Waals surface area (Å²) in [5.74, 6) is -26.0. The molecule has 12 atom stereocenters. The third-order valence-corrected chi connectivity index (χ3v) is 17.1. The fourth-order valence-electron chi connectivity index (χ4n) is 10.8. The van der Waals surface area contributed by atoms with Gasteiger partial charge in [-0.1, -0.05) is 82.2 Å². The fraction of sp³-hybridized carbons (Fsp3) is 0.612. The number of aliphatic hydroxyl groups is 1. The highest BCUT2D eigenvalue weighted by molar-refractivity contribution is 6.37. The number of hydrogen-bond donors (Lipinski definition) is 15. The molecule has 2 rings (SSSR count). The van der Waals surface area contributed by atoms with Crippen LogP contribution in [0.25, 0.3) is 0 Å². The van der Waals surface area contributed by atoms with Gasteiger partial charge >= 0.3 is 17.9 Å². The van der Waals surface area contributed by atoms with Crippen molar-refractivity contribution in [1.29, 1.82) is 0 Å². The van der Waals surface area contributed by atoms with Crippen LogP contribution >= 0.6 is 23.2 Å². The lowest BCUT2D eigenvalue weighted by molar-refractivity contribution is -0.156. The molecule has 9 amide bonds. The summed E-state index contributed by atoms with van der Waals surface area (Å²) in [5, 5.41) is 54.3. The van der Waals surface area contributed by atoms with Crippen LogP contribution in [0.4, 0.5) is 5.69 Å². The molecule has 1 aliphatic rings. The minimum Gasteiger partial charge on any atom is -0.481 e. The van der Waals surface area contributed by atoms with Crippen LogP contribution in [0.5, 0.6) is 0 Å². The Labute approximate surface area is 615 Å². The molecule has 584 valence electrons. The van der Waals surface area contributed by atoms with Crippen molar-refractivity contribution in [3.05, 3.63) is 40.0 Å². The summed E-state index contributed by atoms with van der Waals surface area (Å²) >= 11 is 12.8. The van der Waals surface area contributed by atoms with Gasteiger partial charge in [-0.2, -0.15) is 0 Å². The summed E-state index contributed by atoms with van der Waals surface area (Å²) in [4.78, 5) is 244. The summed E-state index contributed by atoms with van der Waals surface area (Å²) in [6.07, 6.45) is -3.41. The van der Waals surface area contributed by atoms with Crippen molar-refractivity contribution in [3.8, 4) is 0 Å². The number of cyclic esters (lactones) is 1. The Bertz CT molecular complexity index is 3270. The number of carbonyl (C=O) groups is 18. The molecule has 1 heterocycles. The van der Waals surface area contributed by atoms with Gasteiger partial charge in [0.1, 0.15) is 49.5 Å². The van der Waals surface area contributed by atoms with E-state index in [1.807, 2.05) is 0 Å². The van der Waals surface area contributed by atoms with Crippen molar-refractivity contribution in [2.24, 2.45) is 35.1 Å². The van der Waals surface area contributed by atoms with Gasteiger partial charge in [0.2, 0.25) is 53.2 Å². The molecular formula is C67H98Cl2N12O24. The maximum absolute atomic E-state index is 14.9. The van der Waals surface area contributed by atoms with Gasteiger partial charge in [0, 0.05) is 67.3 Å². The summed E-state index contributed by atoms with van der Waals surface area (Å²) in [6, 6.07) is -10.1. The summed E-state index contributed by atoms with van der Waals surface area (Å²) < 4.78 is 15.4. The molecule has 1 aliphatic heterocycles. The van der Waals surface area contributed by atoms with Crippen molar-refractivity contribution in [2.75, 3.05) is 51.3 Å². The lowest BCUT2D eigenvalue weighted by atomic mass is 9.84. The van der Waals surface area contributed by atoms with Gasteiger partial charge < -0.3 is 94.2 Å². The van der Waals surface area contributed by atoms with Crippen molar-refractivity contribution >= 4 is 136 Å². The third kappa shape index (κ3) is 33.8. The van der Waals surface area contributed by atoms with Crippen molar-refractivity contribution in [1.82, 2.24) is 47.9 Å². The lowest BCUT2D eigenvalue weighted by Gasteiger charge is -2.29. The number of aliphatic hydroxyl groups excluding tert-OH is 1. The average molecular weight is 1530 g/mol. The quantitative estimate of drug-likeness (QED) is 0.0126. The first-order valence-electron chi connectivity index (χ1n) is 34.1. The maximum Gasteiger partial charge on any atom is 0.329 e. The van der Waals surface area contributed by atoms with E-state index in [0.29, 0.717) is 12.8 Å². The Hall–Kier alpha value is -9.68. The number of benzene rings is 1. The van der Waals surface area contributed by atoms with Crippen molar-refractivity contribution in [2.45, 2.75) is 192 Å². The number of rotatable bonds is 36. The molecule has 1 aromatic carbocycles. The highest BCUT2D eigenvalue weighted by atomic mass is 35.5. The number of ketones is 4. The number of halogens is 2. The molecule has 105 heavy (non-hydrogen) atoms. The summed E-state index contributed by atoms with van der Waals surface area (Å²) in [6.45, 7) is 6.35. The van der Waals surface area contributed by atoms with Crippen LogP contribution in [0.3, 0.4) is 0 Å². The van der Waals surface area contributed by atoms with E-state index in [-0.39, 0.29) is 72.3 Å². The molecule has 0 radical (unpaired) electrons. The number of primary amides is 1. The molecule has 0 aliphatic carbocycles. The van der Waals surface area contributed by atoms with Crippen LogP contribution in [-0.2, 0) is 95.7 Å². The van der Waals surface area contributed by atoms with E-state index in [2.05, 4.69) is 66.7 Å².